The van der Waals surface area contributed by atoms with E-state index in [1.807, 2.05) is 70.2 Å². The van der Waals surface area contributed by atoms with Crippen LogP contribution in [0.4, 0.5) is 4.79 Å². The summed E-state index contributed by atoms with van der Waals surface area (Å²) in [6.07, 6.45) is 0.931. The van der Waals surface area contributed by atoms with Crippen molar-refractivity contribution in [3.05, 3.63) is 112 Å². The van der Waals surface area contributed by atoms with Gasteiger partial charge in [0.2, 0.25) is 5.91 Å². The molecule has 0 fully saturated rings. The van der Waals surface area contributed by atoms with E-state index in [1.54, 1.807) is 17.3 Å². The summed E-state index contributed by atoms with van der Waals surface area (Å²) in [5.41, 5.74) is 5.87. The lowest BCUT2D eigenvalue weighted by atomic mass is 9.93. The SMILES string of the molecule is CCC(C)[C@H](NC(=O)OCC1c2ccccc2-c2ccccc21)C(=O)N(C)[C@H](C[C@H](OC(C)=O)c1nc(C(=O)N[C@@H](Cc2ccccc2)CC(C)C)cs1)C(C)C. The van der Waals surface area contributed by atoms with Gasteiger partial charge in [0.25, 0.3) is 5.91 Å². The Morgan fingerprint density at radius 1 is 0.842 bits per heavy atom. The highest BCUT2D eigenvalue weighted by atomic mass is 32.1. The zero-order valence-electron chi connectivity index (χ0n) is 34.5. The predicted octanol–water partition coefficient (Wildman–Crippen LogP) is 8.96. The van der Waals surface area contributed by atoms with Gasteiger partial charge in [-0.05, 0) is 58.4 Å². The molecule has 304 valence electrons. The lowest BCUT2D eigenvalue weighted by Gasteiger charge is -2.36. The Bertz CT molecular complexity index is 1930. The number of hydrogen-bond donors (Lipinski definition) is 2. The summed E-state index contributed by atoms with van der Waals surface area (Å²) in [5.74, 6) is -1.04. The Morgan fingerprint density at radius 2 is 1.46 bits per heavy atom. The third kappa shape index (κ3) is 11.1. The number of carbonyl (C=O) groups excluding carboxylic acids is 4. The standard InChI is InChI=1S/C46H58N4O6S/c1-9-30(6)42(49-46(54)55-26-38-36-21-15-13-19-34(36)35-20-14-16-22-37(35)38)45(53)50(8)40(29(4)5)25-41(56-31(7)51)44-48-39(27-57-44)43(52)47-33(23-28(2)3)24-32-17-11-10-12-18-32/h10-22,27-30,33,38,40-42H,9,23-26H2,1-8H3,(H,47,52)(H,49,54)/t30?,33-,40-,41+,42+/m1/s1. The van der Waals surface area contributed by atoms with Crippen molar-refractivity contribution in [1.29, 1.82) is 0 Å². The summed E-state index contributed by atoms with van der Waals surface area (Å²) < 4.78 is 11.7. The number of alkyl carbamates (subject to hydrolysis) is 1. The van der Waals surface area contributed by atoms with Gasteiger partial charge in [-0.25, -0.2) is 9.78 Å². The molecular formula is C46H58N4O6S. The van der Waals surface area contributed by atoms with Gasteiger partial charge >= 0.3 is 12.1 Å². The number of fused-ring (bicyclic) bond motifs is 3. The van der Waals surface area contributed by atoms with Crippen LogP contribution in [0.15, 0.2) is 84.2 Å². The number of amides is 3. The highest BCUT2D eigenvalue weighted by Gasteiger charge is 2.36. The van der Waals surface area contributed by atoms with Crippen molar-refractivity contribution in [2.75, 3.05) is 13.7 Å². The quantitative estimate of drug-likeness (QED) is 0.0964. The van der Waals surface area contributed by atoms with E-state index in [0.717, 1.165) is 34.2 Å². The van der Waals surface area contributed by atoms with Gasteiger partial charge in [-0.2, -0.15) is 0 Å². The first-order valence-electron chi connectivity index (χ1n) is 20.1. The summed E-state index contributed by atoms with van der Waals surface area (Å²) in [7, 11) is 1.72. The fourth-order valence-electron chi connectivity index (χ4n) is 7.79. The van der Waals surface area contributed by atoms with Crippen LogP contribution in [0.1, 0.15) is 112 Å². The van der Waals surface area contributed by atoms with Crippen molar-refractivity contribution in [2.24, 2.45) is 17.8 Å². The van der Waals surface area contributed by atoms with Gasteiger partial charge in [-0.3, -0.25) is 14.4 Å². The molecule has 2 N–H and O–H groups in total. The highest BCUT2D eigenvalue weighted by molar-refractivity contribution is 7.09. The first-order valence-corrected chi connectivity index (χ1v) is 21.0. The second kappa shape index (κ2) is 19.9. The van der Waals surface area contributed by atoms with Gasteiger partial charge < -0.3 is 25.0 Å². The van der Waals surface area contributed by atoms with Crippen molar-refractivity contribution in [3.8, 4) is 11.1 Å². The predicted molar refractivity (Wildman–Crippen MR) is 225 cm³/mol. The lowest BCUT2D eigenvalue weighted by molar-refractivity contribution is -0.148. The molecule has 1 aliphatic rings. The first kappa shape index (κ1) is 43.1. The number of carbonyl (C=O) groups is 4. The molecule has 0 saturated carbocycles. The molecule has 0 saturated heterocycles. The largest absolute Gasteiger partial charge is 0.455 e. The molecule has 10 nitrogen and oxygen atoms in total. The van der Waals surface area contributed by atoms with E-state index in [4.69, 9.17) is 9.47 Å². The minimum Gasteiger partial charge on any atom is -0.455 e. The molecule has 0 bridgehead atoms. The maximum atomic E-state index is 14.3. The highest BCUT2D eigenvalue weighted by Crippen LogP contribution is 2.44. The number of hydrogen-bond acceptors (Lipinski definition) is 8. The zero-order chi connectivity index (χ0) is 41.2. The zero-order valence-corrected chi connectivity index (χ0v) is 35.3. The molecule has 5 atom stereocenters. The number of aromatic nitrogens is 1. The van der Waals surface area contributed by atoms with E-state index in [0.29, 0.717) is 23.8 Å². The third-order valence-electron chi connectivity index (χ3n) is 10.9. The minimum atomic E-state index is -0.853. The Hall–Kier alpha value is -5.03. The van der Waals surface area contributed by atoms with Crippen LogP contribution in [0.3, 0.4) is 0 Å². The van der Waals surface area contributed by atoms with E-state index in [-0.39, 0.29) is 54.3 Å². The van der Waals surface area contributed by atoms with E-state index in [2.05, 4.69) is 65.9 Å². The summed E-state index contributed by atoms with van der Waals surface area (Å²) in [4.78, 5) is 60.0. The van der Waals surface area contributed by atoms with Crippen molar-refractivity contribution in [3.63, 3.8) is 0 Å². The average molecular weight is 795 g/mol. The molecule has 0 spiro atoms. The molecule has 0 radical (unpaired) electrons. The lowest BCUT2D eigenvalue weighted by Crippen LogP contribution is -2.54. The molecule has 1 heterocycles. The van der Waals surface area contributed by atoms with Crippen LogP contribution in [0.25, 0.3) is 11.1 Å². The van der Waals surface area contributed by atoms with Crippen LogP contribution in [0.5, 0.6) is 0 Å². The van der Waals surface area contributed by atoms with Crippen LogP contribution in [-0.2, 0) is 25.5 Å². The number of rotatable bonds is 18. The number of benzene rings is 3. The molecule has 57 heavy (non-hydrogen) atoms. The third-order valence-corrected chi connectivity index (χ3v) is 11.9. The molecule has 11 heteroatoms. The number of esters is 1. The molecule has 3 amide bonds. The van der Waals surface area contributed by atoms with Gasteiger partial charge in [0.05, 0.1) is 0 Å². The van der Waals surface area contributed by atoms with Crippen molar-refractivity contribution < 1.29 is 28.7 Å². The molecule has 5 rings (SSSR count). The Balaban J connectivity index is 1.27. The normalized spacial score (nSPS) is 14.8. The van der Waals surface area contributed by atoms with E-state index in [1.165, 1.54) is 18.3 Å². The maximum Gasteiger partial charge on any atom is 0.407 e. The Labute approximate surface area is 341 Å². The fraction of sp³-hybridized carbons (Fsp3) is 0.457. The monoisotopic (exact) mass is 794 g/mol. The van der Waals surface area contributed by atoms with Gasteiger partial charge in [0, 0.05) is 43.8 Å². The van der Waals surface area contributed by atoms with Gasteiger partial charge in [-0.1, -0.05) is 127 Å². The summed E-state index contributed by atoms with van der Waals surface area (Å²) in [6, 6.07) is 25.0. The fourth-order valence-corrected chi connectivity index (χ4v) is 8.63. The van der Waals surface area contributed by atoms with Crippen LogP contribution < -0.4 is 10.6 Å². The summed E-state index contributed by atoms with van der Waals surface area (Å²) in [6.45, 7) is 13.6. The molecule has 0 aliphatic heterocycles. The molecular weight excluding hydrogens is 737 g/mol. The van der Waals surface area contributed by atoms with Crippen LogP contribution >= 0.6 is 11.3 Å². The second-order valence-corrected chi connectivity index (χ2v) is 16.9. The van der Waals surface area contributed by atoms with Gasteiger partial charge in [-0.15, -0.1) is 11.3 Å². The van der Waals surface area contributed by atoms with Crippen LogP contribution in [0, 0.1) is 17.8 Å². The van der Waals surface area contributed by atoms with E-state index >= 15 is 0 Å². The number of nitrogens with zero attached hydrogens (tertiary/aromatic N) is 2. The number of nitrogens with one attached hydrogen (secondary N) is 2. The van der Waals surface area contributed by atoms with Crippen LogP contribution in [-0.4, -0.2) is 65.5 Å². The van der Waals surface area contributed by atoms with Gasteiger partial charge in [0.15, 0.2) is 6.10 Å². The molecule has 1 unspecified atom stereocenters. The second-order valence-electron chi connectivity index (χ2n) is 16.0. The minimum absolute atomic E-state index is 0.0541. The van der Waals surface area contributed by atoms with Crippen LogP contribution in [0.2, 0.25) is 0 Å². The van der Waals surface area contributed by atoms with Crippen molar-refractivity contribution >= 4 is 35.2 Å². The Morgan fingerprint density at radius 3 is 2.04 bits per heavy atom. The molecule has 1 aromatic heterocycles. The average Bonchev–Trinajstić information content (AvgIpc) is 3.81. The molecule has 1 aliphatic carbocycles. The molecule has 3 aromatic carbocycles. The smallest absolute Gasteiger partial charge is 0.407 e. The number of likely N-dealkylation sites (N-methyl/N-ethyl adjacent to an activating group) is 1. The maximum absolute atomic E-state index is 14.3. The van der Waals surface area contributed by atoms with E-state index in [9.17, 15) is 19.2 Å². The molecule has 4 aromatic rings. The van der Waals surface area contributed by atoms with Gasteiger partial charge in [0.1, 0.15) is 23.4 Å². The number of thiazole rings is 1. The van der Waals surface area contributed by atoms with E-state index < -0.39 is 30.3 Å². The summed E-state index contributed by atoms with van der Waals surface area (Å²) >= 11 is 1.25. The Kier molecular flexibility index (Phi) is 15.0. The topological polar surface area (TPSA) is 127 Å². The summed E-state index contributed by atoms with van der Waals surface area (Å²) in [5, 5.41) is 8.23. The van der Waals surface area contributed by atoms with Crippen molar-refractivity contribution in [2.45, 2.75) is 104 Å². The number of ether oxygens (including phenoxy) is 2. The first-order chi connectivity index (χ1) is 27.3. The van der Waals surface area contributed by atoms with Crippen molar-refractivity contribution in [1.82, 2.24) is 20.5 Å².